The quantitative estimate of drug-likeness (QED) is 0.328. The fourth-order valence-corrected chi connectivity index (χ4v) is 3.99. The van der Waals surface area contributed by atoms with Gasteiger partial charge in [-0.3, -0.25) is 9.59 Å². The Hall–Kier alpha value is -3.64. The normalized spacial score (nSPS) is 11.2. The number of hydrogen-bond acceptors (Lipinski definition) is 3. The Labute approximate surface area is 214 Å². The molecule has 6 heteroatoms. The lowest BCUT2D eigenvalue weighted by molar-refractivity contribution is -0.139. The van der Waals surface area contributed by atoms with E-state index in [1.54, 1.807) is 29.1 Å². The number of nitrogens with zero attached hydrogens (tertiary/aromatic N) is 3. The van der Waals surface area contributed by atoms with Crippen molar-refractivity contribution in [3.05, 3.63) is 102 Å². The first-order valence-electron chi connectivity index (χ1n) is 12.4. The first-order valence-corrected chi connectivity index (χ1v) is 12.4. The molecule has 2 aromatic carbocycles. The Balaban J connectivity index is 1.72. The number of hydrogen-bond donors (Lipinski definition) is 0. The zero-order chi connectivity index (χ0) is 25.8. The van der Waals surface area contributed by atoms with Gasteiger partial charge in [0.1, 0.15) is 6.54 Å². The van der Waals surface area contributed by atoms with Crippen molar-refractivity contribution < 1.29 is 14.3 Å². The Kier molecular flexibility index (Phi) is 10.5. The van der Waals surface area contributed by atoms with Gasteiger partial charge in [-0.15, -0.1) is 0 Å². The third-order valence-electron chi connectivity index (χ3n) is 5.83. The summed E-state index contributed by atoms with van der Waals surface area (Å²) in [6, 6.07) is 24.0. The third kappa shape index (κ3) is 8.54. The number of carbonyl (C=O) groups is 2. The second kappa shape index (κ2) is 14.0. The molecule has 36 heavy (non-hydrogen) atoms. The highest BCUT2D eigenvalue weighted by Crippen LogP contribution is 2.12. The van der Waals surface area contributed by atoms with E-state index in [2.05, 4.69) is 16.7 Å². The van der Waals surface area contributed by atoms with Gasteiger partial charge in [0.15, 0.2) is 0 Å². The van der Waals surface area contributed by atoms with Gasteiger partial charge in [0, 0.05) is 44.7 Å². The van der Waals surface area contributed by atoms with Crippen LogP contribution in [0.15, 0.2) is 85.1 Å². The Morgan fingerprint density at radius 2 is 1.64 bits per heavy atom. The molecule has 0 aliphatic carbocycles. The minimum absolute atomic E-state index is 0.0270. The van der Waals surface area contributed by atoms with Crippen LogP contribution in [0.25, 0.3) is 6.08 Å². The smallest absolute Gasteiger partial charge is 0.247 e. The summed E-state index contributed by atoms with van der Waals surface area (Å²) in [5, 5.41) is 0. The van der Waals surface area contributed by atoms with Crippen LogP contribution >= 0.6 is 0 Å². The van der Waals surface area contributed by atoms with Gasteiger partial charge in [-0.05, 0) is 35.3 Å². The van der Waals surface area contributed by atoms with Crippen molar-refractivity contribution in [2.24, 2.45) is 5.92 Å². The number of rotatable bonds is 13. The van der Waals surface area contributed by atoms with Gasteiger partial charge >= 0.3 is 0 Å². The van der Waals surface area contributed by atoms with Gasteiger partial charge in [-0.25, -0.2) is 0 Å². The molecule has 3 aromatic rings. The van der Waals surface area contributed by atoms with Crippen LogP contribution in [0.1, 0.15) is 30.7 Å². The van der Waals surface area contributed by atoms with Crippen LogP contribution in [0.5, 0.6) is 0 Å². The van der Waals surface area contributed by atoms with Crippen molar-refractivity contribution in [1.29, 1.82) is 0 Å². The number of methoxy groups -OCH3 is 1. The molecule has 0 N–H and O–H groups in total. The van der Waals surface area contributed by atoms with Gasteiger partial charge in [0.25, 0.3) is 0 Å². The molecule has 6 nitrogen and oxygen atoms in total. The molecule has 3 rings (SSSR count). The van der Waals surface area contributed by atoms with Crippen LogP contribution in [-0.4, -0.2) is 59.5 Å². The van der Waals surface area contributed by atoms with E-state index in [4.69, 9.17) is 4.74 Å². The SMILES string of the molecule is COCCN(Cc1cccn1Cc1ccccc1)C(=O)CN(CC(C)C)C(=O)C=Cc1ccccc1. The lowest BCUT2D eigenvalue weighted by Crippen LogP contribution is -2.44. The van der Waals surface area contributed by atoms with Gasteiger partial charge in [0.2, 0.25) is 11.8 Å². The molecule has 0 saturated heterocycles. The van der Waals surface area contributed by atoms with Gasteiger partial charge < -0.3 is 19.1 Å². The highest BCUT2D eigenvalue weighted by Gasteiger charge is 2.22. The second-order valence-corrected chi connectivity index (χ2v) is 9.28. The molecular weight excluding hydrogens is 450 g/mol. The van der Waals surface area contributed by atoms with E-state index in [1.807, 2.05) is 80.7 Å². The minimum atomic E-state index is -0.167. The van der Waals surface area contributed by atoms with E-state index in [1.165, 1.54) is 5.56 Å². The molecule has 0 radical (unpaired) electrons. The van der Waals surface area contributed by atoms with Crippen LogP contribution < -0.4 is 0 Å². The number of carbonyl (C=O) groups excluding carboxylic acids is 2. The van der Waals surface area contributed by atoms with Crippen LogP contribution in [-0.2, 0) is 27.4 Å². The van der Waals surface area contributed by atoms with E-state index >= 15 is 0 Å². The predicted octanol–water partition coefficient (Wildman–Crippen LogP) is 4.71. The maximum atomic E-state index is 13.5. The standard InChI is InChI=1S/C30H37N3O3/c1-25(2)21-33(29(34)17-16-26-11-6-4-7-12-26)24-30(35)32(19-20-36-3)23-28-15-10-18-31(28)22-27-13-8-5-9-14-27/h4-18,25H,19-24H2,1-3H3. The lowest BCUT2D eigenvalue weighted by Gasteiger charge is -2.28. The fraction of sp³-hybridized carbons (Fsp3) is 0.333. The van der Waals surface area contributed by atoms with Crippen LogP contribution in [0.2, 0.25) is 0 Å². The number of ether oxygens (including phenoxy) is 1. The predicted molar refractivity (Wildman–Crippen MR) is 144 cm³/mol. The summed E-state index contributed by atoms with van der Waals surface area (Å²) >= 11 is 0. The van der Waals surface area contributed by atoms with Crippen molar-refractivity contribution in [2.75, 3.05) is 33.4 Å². The monoisotopic (exact) mass is 487 g/mol. The zero-order valence-electron chi connectivity index (χ0n) is 21.5. The average Bonchev–Trinajstić information content (AvgIpc) is 3.31. The molecule has 1 aromatic heterocycles. The minimum Gasteiger partial charge on any atom is -0.383 e. The lowest BCUT2D eigenvalue weighted by atomic mass is 10.2. The van der Waals surface area contributed by atoms with Crippen molar-refractivity contribution in [3.63, 3.8) is 0 Å². The Morgan fingerprint density at radius 3 is 2.31 bits per heavy atom. The first-order chi connectivity index (χ1) is 17.5. The summed E-state index contributed by atoms with van der Waals surface area (Å²) in [6.07, 6.45) is 5.37. The summed E-state index contributed by atoms with van der Waals surface area (Å²) < 4.78 is 7.43. The van der Waals surface area contributed by atoms with E-state index in [0.717, 1.165) is 17.8 Å². The summed E-state index contributed by atoms with van der Waals surface area (Å²) in [4.78, 5) is 29.9. The third-order valence-corrected chi connectivity index (χ3v) is 5.83. The zero-order valence-corrected chi connectivity index (χ0v) is 21.5. The summed E-state index contributed by atoms with van der Waals surface area (Å²) in [5.41, 5.74) is 3.18. The van der Waals surface area contributed by atoms with Crippen molar-refractivity contribution in [3.8, 4) is 0 Å². The summed E-state index contributed by atoms with van der Waals surface area (Å²) in [5.74, 6) is -0.0240. The maximum Gasteiger partial charge on any atom is 0.247 e. The highest BCUT2D eigenvalue weighted by molar-refractivity contribution is 5.94. The largest absolute Gasteiger partial charge is 0.383 e. The van der Waals surface area contributed by atoms with Crippen molar-refractivity contribution in [1.82, 2.24) is 14.4 Å². The molecule has 0 bridgehead atoms. The Morgan fingerprint density at radius 1 is 0.944 bits per heavy atom. The van der Waals surface area contributed by atoms with E-state index < -0.39 is 0 Å². The molecular formula is C30H37N3O3. The maximum absolute atomic E-state index is 13.5. The van der Waals surface area contributed by atoms with Crippen LogP contribution in [0, 0.1) is 5.92 Å². The molecule has 0 unspecified atom stereocenters. The molecule has 1 heterocycles. The fourth-order valence-electron chi connectivity index (χ4n) is 3.99. The van der Waals surface area contributed by atoms with Crippen molar-refractivity contribution in [2.45, 2.75) is 26.9 Å². The van der Waals surface area contributed by atoms with E-state index in [0.29, 0.717) is 26.2 Å². The molecule has 0 saturated carbocycles. The van der Waals surface area contributed by atoms with Crippen molar-refractivity contribution >= 4 is 17.9 Å². The molecule has 2 amide bonds. The van der Waals surface area contributed by atoms with Crippen LogP contribution in [0.4, 0.5) is 0 Å². The topological polar surface area (TPSA) is 54.8 Å². The van der Waals surface area contributed by atoms with Gasteiger partial charge in [0.05, 0.1) is 13.2 Å². The molecule has 0 atom stereocenters. The molecule has 0 aliphatic rings. The van der Waals surface area contributed by atoms with E-state index in [-0.39, 0.29) is 24.3 Å². The average molecular weight is 488 g/mol. The van der Waals surface area contributed by atoms with E-state index in [9.17, 15) is 9.59 Å². The van der Waals surface area contributed by atoms with Gasteiger partial charge in [-0.1, -0.05) is 74.5 Å². The Bertz CT molecular complexity index is 1110. The summed E-state index contributed by atoms with van der Waals surface area (Å²) in [7, 11) is 1.63. The summed E-state index contributed by atoms with van der Waals surface area (Å²) in [6.45, 7) is 6.69. The highest BCUT2D eigenvalue weighted by atomic mass is 16.5. The second-order valence-electron chi connectivity index (χ2n) is 9.28. The molecule has 190 valence electrons. The first kappa shape index (κ1) is 27.0. The number of aromatic nitrogens is 1. The van der Waals surface area contributed by atoms with Gasteiger partial charge in [-0.2, -0.15) is 0 Å². The number of benzene rings is 2. The van der Waals surface area contributed by atoms with Crippen LogP contribution in [0.3, 0.4) is 0 Å². The molecule has 0 fully saturated rings. The number of amides is 2. The molecule has 0 spiro atoms. The molecule has 0 aliphatic heterocycles.